The van der Waals surface area contributed by atoms with Crippen LogP contribution in [0.3, 0.4) is 0 Å². The number of carbonyl (C=O) groups is 2. The molecule has 0 saturated carbocycles. The summed E-state index contributed by atoms with van der Waals surface area (Å²) in [4.78, 5) is 31.8. The summed E-state index contributed by atoms with van der Waals surface area (Å²) in [6, 6.07) is 6.94. The number of carbonyl (C=O) groups excluding carboxylic acids is 2. The third-order valence-electron chi connectivity index (χ3n) is 3.63. The molecular weight excluding hydrogens is 326 g/mol. The predicted octanol–water partition coefficient (Wildman–Crippen LogP) is 3.10. The molecule has 0 radical (unpaired) electrons. The Balaban J connectivity index is 1.86. The highest BCUT2D eigenvalue weighted by Crippen LogP contribution is 2.31. The third kappa shape index (κ3) is 3.30. The number of hydrogen-bond donors (Lipinski definition) is 3. The molecular formula is C17H17N3O3S. The lowest BCUT2D eigenvalue weighted by Crippen LogP contribution is -2.21. The fourth-order valence-electron chi connectivity index (χ4n) is 2.48. The summed E-state index contributed by atoms with van der Waals surface area (Å²) in [5, 5.41) is 14.6. The van der Waals surface area contributed by atoms with Gasteiger partial charge in [0, 0.05) is 25.5 Å². The predicted molar refractivity (Wildman–Crippen MR) is 93.3 cm³/mol. The molecule has 2 heterocycles. The zero-order chi connectivity index (χ0) is 17.1. The zero-order valence-electron chi connectivity index (χ0n) is 13.1. The van der Waals surface area contributed by atoms with Crippen LogP contribution in [0.15, 0.2) is 29.6 Å². The van der Waals surface area contributed by atoms with Gasteiger partial charge >= 0.3 is 0 Å². The van der Waals surface area contributed by atoms with Crippen molar-refractivity contribution in [2.24, 2.45) is 0 Å². The molecule has 0 fully saturated rings. The van der Waals surface area contributed by atoms with Crippen molar-refractivity contribution < 1.29 is 14.7 Å². The molecule has 0 aliphatic carbocycles. The van der Waals surface area contributed by atoms with Crippen molar-refractivity contribution in [2.45, 2.75) is 19.8 Å². The van der Waals surface area contributed by atoms with Crippen molar-refractivity contribution in [1.29, 1.82) is 0 Å². The van der Waals surface area contributed by atoms with Gasteiger partial charge in [-0.1, -0.05) is 6.07 Å². The Kier molecular flexibility index (Phi) is 4.61. The molecule has 0 aliphatic rings. The number of benzene rings is 1. The fraction of sp³-hybridized carbons (Fsp3) is 0.235. The number of nitrogens with one attached hydrogen (secondary N) is 2. The highest BCUT2D eigenvalue weighted by atomic mass is 32.1. The second-order valence-electron chi connectivity index (χ2n) is 5.43. The highest BCUT2D eigenvalue weighted by molar-refractivity contribution is 7.13. The standard InChI is InChI=1S/C17H17N3O3S/c1-10(21)18-8-2-4-12(22)11-6-7-13(23)16-15(11)19-17(20-16)14-5-3-9-24-14/h3,5-7,9,23H,2,4,8H2,1H3,(H,18,21)(H,19,20). The number of aromatic hydroxyl groups is 1. The number of nitrogens with zero attached hydrogens (tertiary/aromatic N) is 1. The zero-order valence-corrected chi connectivity index (χ0v) is 13.9. The molecule has 7 heteroatoms. The van der Waals surface area contributed by atoms with Crippen LogP contribution >= 0.6 is 11.3 Å². The van der Waals surface area contributed by atoms with E-state index in [0.29, 0.717) is 41.8 Å². The Morgan fingerprint density at radius 1 is 1.33 bits per heavy atom. The maximum Gasteiger partial charge on any atom is 0.216 e. The maximum atomic E-state index is 12.5. The van der Waals surface area contributed by atoms with Crippen LogP contribution in [-0.4, -0.2) is 33.3 Å². The molecule has 0 atom stereocenters. The number of imidazole rings is 1. The van der Waals surface area contributed by atoms with Crippen LogP contribution in [-0.2, 0) is 4.79 Å². The van der Waals surface area contributed by atoms with E-state index < -0.39 is 0 Å². The summed E-state index contributed by atoms with van der Waals surface area (Å²) < 4.78 is 0. The molecule has 0 bridgehead atoms. The van der Waals surface area contributed by atoms with E-state index in [1.807, 2.05) is 17.5 Å². The van der Waals surface area contributed by atoms with E-state index >= 15 is 0 Å². The summed E-state index contributed by atoms with van der Waals surface area (Å²) in [5.41, 5.74) is 1.42. The number of fused-ring (bicyclic) bond motifs is 1. The molecule has 0 spiro atoms. The van der Waals surface area contributed by atoms with Crippen molar-refractivity contribution in [3.8, 4) is 16.5 Å². The van der Waals surface area contributed by atoms with E-state index in [9.17, 15) is 14.7 Å². The quantitative estimate of drug-likeness (QED) is 0.473. The molecule has 3 N–H and O–H groups in total. The Morgan fingerprint density at radius 3 is 2.88 bits per heavy atom. The second kappa shape index (κ2) is 6.84. The van der Waals surface area contributed by atoms with Gasteiger partial charge < -0.3 is 15.4 Å². The van der Waals surface area contributed by atoms with Gasteiger partial charge in [0.15, 0.2) is 5.78 Å². The van der Waals surface area contributed by atoms with E-state index in [1.165, 1.54) is 24.3 Å². The Bertz CT molecular complexity index is 884. The Hall–Kier alpha value is -2.67. The first-order chi connectivity index (χ1) is 11.6. The highest BCUT2D eigenvalue weighted by Gasteiger charge is 2.17. The number of rotatable bonds is 6. The number of aromatic nitrogens is 2. The lowest BCUT2D eigenvalue weighted by molar-refractivity contribution is -0.118. The summed E-state index contributed by atoms with van der Waals surface area (Å²) in [5.74, 6) is 0.529. The molecule has 1 amide bonds. The third-order valence-corrected chi connectivity index (χ3v) is 4.51. The average Bonchev–Trinajstić information content (AvgIpc) is 3.20. The second-order valence-corrected chi connectivity index (χ2v) is 6.38. The molecule has 2 aromatic heterocycles. The number of hydrogen-bond acceptors (Lipinski definition) is 5. The number of Topliss-reactive ketones (excluding diaryl/α,β-unsaturated/α-hetero) is 1. The van der Waals surface area contributed by atoms with Gasteiger partial charge in [0.2, 0.25) is 5.91 Å². The van der Waals surface area contributed by atoms with Gasteiger partial charge in [-0.2, -0.15) is 0 Å². The lowest BCUT2D eigenvalue weighted by Gasteiger charge is -2.04. The van der Waals surface area contributed by atoms with E-state index in [-0.39, 0.29) is 17.4 Å². The van der Waals surface area contributed by atoms with Crippen LogP contribution in [0.25, 0.3) is 21.7 Å². The summed E-state index contributed by atoms with van der Waals surface area (Å²) in [6.45, 7) is 1.91. The molecule has 3 aromatic rings. The average molecular weight is 343 g/mol. The molecule has 0 saturated heterocycles. The molecule has 3 rings (SSSR count). The number of phenolic OH excluding ortho intramolecular Hbond substituents is 1. The fourth-order valence-corrected chi connectivity index (χ4v) is 3.15. The minimum atomic E-state index is -0.109. The summed E-state index contributed by atoms with van der Waals surface area (Å²) in [6.07, 6.45) is 0.865. The number of ketones is 1. The van der Waals surface area contributed by atoms with Crippen LogP contribution in [0.2, 0.25) is 0 Å². The lowest BCUT2D eigenvalue weighted by atomic mass is 10.0. The van der Waals surface area contributed by atoms with Crippen LogP contribution in [0.4, 0.5) is 0 Å². The minimum Gasteiger partial charge on any atom is -0.506 e. The van der Waals surface area contributed by atoms with Crippen LogP contribution in [0, 0.1) is 0 Å². The van der Waals surface area contributed by atoms with Crippen molar-refractivity contribution in [3.63, 3.8) is 0 Å². The van der Waals surface area contributed by atoms with Gasteiger partial charge in [0.1, 0.15) is 22.6 Å². The number of thiophene rings is 1. The first-order valence-corrected chi connectivity index (χ1v) is 8.47. The Morgan fingerprint density at radius 2 is 2.17 bits per heavy atom. The van der Waals surface area contributed by atoms with Crippen LogP contribution < -0.4 is 5.32 Å². The SMILES string of the molecule is CC(=O)NCCCC(=O)c1ccc(O)c2[nH]c(-c3cccs3)nc12. The number of amides is 1. The molecule has 0 unspecified atom stereocenters. The van der Waals surface area contributed by atoms with E-state index in [1.54, 1.807) is 6.07 Å². The number of aromatic amines is 1. The largest absolute Gasteiger partial charge is 0.506 e. The van der Waals surface area contributed by atoms with Gasteiger partial charge in [0.05, 0.1) is 4.88 Å². The summed E-state index contributed by atoms with van der Waals surface area (Å²) in [7, 11) is 0. The molecule has 124 valence electrons. The topological polar surface area (TPSA) is 95.1 Å². The number of H-pyrrole nitrogens is 1. The van der Waals surface area contributed by atoms with E-state index in [0.717, 1.165) is 4.88 Å². The monoisotopic (exact) mass is 343 g/mol. The maximum absolute atomic E-state index is 12.5. The smallest absolute Gasteiger partial charge is 0.216 e. The van der Waals surface area contributed by atoms with Crippen molar-refractivity contribution in [3.05, 3.63) is 35.2 Å². The van der Waals surface area contributed by atoms with Crippen molar-refractivity contribution >= 4 is 34.1 Å². The van der Waals surface area contributed by atoms with E-state index in [4.69, 9.17) is 0 Å². The van der Waals surface area contributed by atoms with Gasteiger partial charge in [-0.3, -0.25) is 9.59 Å². The summed E-state index contributed by atoms with van der Waals surface area (Å²) >= 11 is 1.53. The molecule has 0 aliphatic heterocycles. The van der Waals surface area contributed by atoms with Crippen LogP contribution in [0.1, 0.15) is 30.1 Å². The van der Waals surface area contributed by atoms with Gasteiger partial charge in [-0.25, -0.2) is 4.98 Å². The molecule has 1 aromatic carbocycles. The van der Waals surface area contributed by atoms with Crippen LogP contribution in [0.5, 0.6) is 5.75 Å². The first-order valence-electron chi connectivity index (χ1n) is 7.59. The van der Waals surface area contributed by atoms with Gasteiger partial charge in [-0.15, -0.1) is 11.3 Å². The van der Waals surface area contributed by atoms with Gasteiger partial charge in [-0.05, 0) is 30.0 Å². The molecule has 24 heavy (non-hydrogen) atoms. The minimum absolute atomic E-state index is 0.0606. The van der Waals surface area contributed by atoms with Crippen molar-refractivity contribution in [2.75, 3.05) is 6.54 Å². The Labute approximate surface area is 142 Å². The molecule has 6 nitrogen and oxygen atoms in total. The number of phenols is 1. The van der Waals surface area contributed by atoms with Gasteiger partial charge in [0.25, 0.3) is 0 Å². The first kappa shape index (κ1) is 16.2. The van der Waals surface area contributed by atoms with Crippen molar-refractivity contribution in [1.82, 2.24) is 15.3 Å². The normalized spacial score (nSPS) is 10.9. The van der Waals surface area contributed by atoms with E-state index in [2.05, 4.69) is 15.3 Å².